The summed E-state index contributed by atoms with van der Waals surface area (Å²) in [7, 11) is 0. The lowest BCUT2D eigenvalue weighted by Gasteiger charge is -2.18. The highest BCUT2D eigenvalue weighted by atomic mass is 16.6. The predicted octanol–water partition coefficient (Wildman–Crippen LogP) is 0.714. The van der Waals surface area contributed by atoms with Crippen molar-refractivity contribution in [2.75, 3.05) is 19.8 Å². The molecule has 0 unspecified atom stereocenters. The van der Waals surface area contributed by atoms with E-state index in [2.05, 4.69) is 10.5 Å². The number of hydrogen-bond donors (Lipinski definition) is 3. The molecule has 1 amide bonds. The van der Waals surface area contributed by atoms with Crippen LogP contribution in [-0.4, -0.2) is 36.7 Å². The number of amidine groups is 1. The lowest BCUT2D eigenvalue weighted by atomic mass is 10.1. The molecule has 1 aliphatic heterocycles. The summed E-state index contributed by atoms with van der Waals surface area (Å²) in [4.78, 5) is 11.9. The van der Waals surface area contributed by atoms with Crippen LogP contribution in [0.5, 0.6) is 11.5 Å². The topological polar surface area (TPSA) is 106 Å². The van der Waals surface area contributed by atoms with Crippen LogP contribution in [0.15, 0.2) is 23.4 Å². The maximum absolute atomic E-state index is 11.9. The number of nitrogens with zero attached hydrogens (tertiary/aromatic N) is 1. The highest BCUT2D eigenvalue weighted by Gasteiger charge is 2.14. The van der Waals surface area contributed by atoms with Crippen LogP contribution in [0.2, 0.25) is 0 Å². The van der Waals surface area contributed by atoms with Gasteiger partial charge in [-0.05, 0) is 24.6 Å². The zero-order valence-corrected chi connectivity index (χ0v) is 11.0. The summed E-state index contributed by atoms with van der Waals surface area (Å²) in [6.07, 6.45) is 1.03. The minimum atomic E-state index is -0.193. The lowest BCUT2D eigenvalue weighted by molar-refractivity contribution is 0.0952. The average molecular weight is 279 g/mol. The van der Waals surface area contributed by atoms with Gasteiger partial charge in [-0.2, -0.15) is 0 Å². The summed E-state index contributed by atoms with van der Waals surface area (Å²) in [6, 6.07) is 5.07. The van der Waals surface area contributed by atoms with E-state index in [1.807, 2.05) is 0 Å². The van der Waals surface area contributed by atoms with Gasteiger partial charge in [-0.15, -0.1) is 0 Å². The van der Waals surface area contributed by atoms with Crippen molar-refractivity contribution in [3.8, 4) is 11.5 Å². The van der Waals surface area contributed by atoms with Crippen LogP contribution >= 0.6 is 0 Å². The van der Waals surface area contributed by atoms with E-state index in [0.717, 1.165) is 0 Å². The highest BCUT2D eigenvalue weighted by Crippen LogP contribution is 2.30. The number of amides is 1. The molecule has 1 heterocycles. The van der Waals surface area contributed by atoms with Crippen LogP contribution in [0.4, 0.5) is 0 Å². The third-order valence-corrected chi connectivity index (χ3v) is 2.83. The van der Waals surface area contributed by atoms with Crippen LogP contribution in [0.3, 0.4) is 0 Å². The number of ether oxygens (including phenoxy) is 2. The van der Waals surface area contributed by atoms with Gasteiger partial charge in [0.25, 0.3) is 5.91 Å². The number of oxime groups is 1. The molecule has 108 valence electrons. The number of hydrogen-bond acceptors (Lipinski definition) is 5. The van der Waals surface area contributed by atoms with Gasteiger partial charge in [0.1, 0.15) is 19.0 Å². The van der Waals surface area contributed by atoms with Gasteiger partial charge in [0.2, 0.25) is 0 Å². The second kappa shape index (κ2) is 6.65. The third kappa shape index (κ3) is 3.53. The number of nitrogens with one attached hydrogen (secondary N) is 1. The summed E-state index contributed by atoms with van der Waals surface area (Å²) in [5.41, 5.74) is 5.85. The van der Waals surface area contributed by atoms with E-state index in [4.69, 9.17) is 20.4 Å². The SMILES string of the molecule is NC(CCCNC(=O)c1ccc2c(c1)OCCO2)=NO. The van der Waals surface area contributed by atoms with Crippen molar-refractivity contribution in [3.63, 3.8) is 0 Å². The Hall–Kier alpha value is -2.44. The molecule has 20 heavy (non-hydrogen) atoms. The molecular weight excluding hydrogens is 262 g/mol. The van der Waals surface area contributed by atoms with Gasteiger partial charge in [0, 0.05) is 18.5 Å². The normalized spacial score (nSPS) is 13.9. The van der Waals surface area contributed by atoms with Crippen LogP contribution < -0.4 is 20.5 Å². The zero-order chi connectivity index (χ0) is 14.4. The third-order valence-electron chi connectivity index (χ3n) is 2.83. The number of nitrogens with two attached hydrogens (primary N) is 1. The van der Waals surface area contributed by atoms with Gasteiger partial charge in [0.05, 0.1) is 0 Å². The van der Waals surface area contributed by atoms with Crippen molar-refractivity contribution in [3.05, 3.63) is 23.8 Å². The van der Waals surface area contributed by atoms with E-state index in [9.17, 15) is 4.79 Å². The van der Waals surface area contributed by atoms with Crippen molar-refractivity contribution >= 4 is 11.7 Å². The monoisotopic (exact) mass is 279 g/mol. The Morgan fingerprint density at radius 2 is 2.10 bits per heavy atom. The largest absolute Gasteiger partial charge is 0.486 e. The van der Waals surface area contributed by atoms with Crippen molar-refractivity contribution in [2.24, 2.45) is 10.9 Å². The molecule has 1 aromatic rings. The molecule has 7 nitrogen and oxygen atoms in total. The number of rotatable bonds is 5. The predicted molar refractivity (Wildman–Crippen MR) is 72.4 cm³/mol. The summed E-state index contributed by atoms with van der Waals surface area (Å²) >= 11 is 0. The second-order valence-electron chi connectivity index (χ2n) is 4.31. The minimum absolute atomic E-state index is 0.151. The molecule has 0 aromatic heterocycles. The van der Waals surface area contributed by atoms with E-state index >= 15 is 0 Å². The second-order valence-corrected chi connectivity index (χ2v) is 4.31. The number of benzene rings is 1. The maximum Gasteiger partial charge on any atom is 0.251 e. The Morgan fingerprint density at radius 3 is 2.85 bits per heavy atom. The lowest BCUT2D eigenvalue weighted by Crippen LogP contribution is -2.26. The molecule has 0 atom stereocenters. The standard InChI is InChI=1S/C13H17N3O4/c14-12(16-18)2-1-5-15-13(17)9-3-4-10-11(8-9)20-7-6-19-10/h3-4,8,18H,1-2,5-7H2,(H2,14,16)(H,15,17). The Labute approximate surface area is 116 Å². The quantitative estimate of drug-likeness (QED) is 0.242. The molecule has 4 N–H and O–H groups in total. The molecule has 1 aliphatic rings. The minimum Gasteiger partial charge on any atom is -0.486 e. The first-order chi connectivity index (χ1) is 9.70. The number of fused-ring (bicyclic) bond motifs is 1. The molecule has 0 spiro atoms. The van der Waals surface area contributed by atoms with Crippen molar-refractivity contribution in [1.82, 2.24) is 5.32 Å². The molecule has 7 heteroatoms. The maximum atomic E-state index is 11.9. The molecule has 0 bridgehead atoms. The molecule has 2 rings (SSSR count). The van der Waals surface area contributed by atoms with Crippen LogP contribution in [-0.2, 0) is 0 Å². The van der Waals surface area contributed by atoms with Gasteiger partial charge >= 0.3 is 0 Å². The zero-order valence-electron chi connectivity index (χ0n) is 11.0. The van der Waals surface area contributed by atoms with Crippen molar-refractivity contribution < 1.29 is 19.5 Å². The van der Waals surface area contributed by atoms with Gasteiger partial charge in [-0.25, -0.2) is 0 Å². The Morgan fingerprint density at radius 1 is 1.35 bits per heavy atom. The van der Waals surface area contributed by atoms with Crippen molar-refractivity contribution in [1.29, 1.82) is 0 Å². The van der Waals surface area contributed by atoms with E-state index < -0.39 is 0 Å². The summed E-state index contributed by atoms with van der Waals surface area (Å²) in [6.45, 7) is 1.45. The summed E-state index contributed by atoms with van der Waals surface area (Å²) < 4.78 is 10.8. The van der Waals surface area contributed by atoms with Gasteiger partial charge in [0.15, 0.2) is 11.5 Å². The Kier molecular flexibility index (Phi) is 4.65. The van der Waals surface area contributed by atoms with Crippen LogP contribution in [0, 0.1) is 0 Å². The van der Waals surface area contributed by atoms with Gasteiger partial charge in [-0.3, -0.25) is 4.79 Å². The smallest absolute Gasteiger partial charge is 0.251 e. The first-order valence-electron chi connectivity index (χ1n) is 6.35. The Balaban J connectivity index is 1.86. The fourth-order valence-corrected chi connectivity index (χ4v) is 1.81. The van der Waals surface area contributed by atoms with E-state index in [1.54, 1.807) is 18.2 Å². The van der Waals surface area contributed by atoms with E-state index in [0.29, 0.717) is 49.7 Å². The van der Waals surface area contributed by atoms with E-state index in [-0.39, 0.29) is 11.7 Å². The summed E-state index contributed by atoms with van der Waals surface area (Å²) in [5.74, 6) is 1.19. The average Bonchev–Trinajstić information content (AvgIpc) is 2.50. The molecule has 0 radical (unpaired) electrons. The number of carbonyl (C=O) groups excluding carboxylic acids is 1. The molecule has 1 aromatic carbocycles. The highest BCUT2D eigenvalue weighted by molar-refractivity contribution is 5.94. The molecular formula is C13H17N3O4. The molecule has 0 saturated carbocycles. The molecule has 0 fully saturated rings. The summed E-state index contributed by atoms with van der Waals surface area (Å²) in [5, 5.41) is 14.0. The van der Waals surface area contributed by atoms with E-state index in [1.165, 1.54) is 0 Å². The van der Waals surface area contributed by atoms with Crippen molar-refractivity contribution in [2.45, 2.75) is 12.8 Å². The molecule has 0 saturated heterocycles. The molecule has 0 aliphatic carbocycles. The fraction of sp³-hybridized carbons (Fsp3) is 0.385. The van der Waals surface area contributed by atoms with Crippen LogP contribution in [0.25, 0.3) is 0 Å². The first-order valence-corrected chi connectivity index (χ1v) is 6.35. The first kappa shape index (κ1) is 14.0. The van der Waals surface area contributed by atoms with Gasteiger partial charge in [-0.1, -0.05) is 5.16 Å². The van der Waals surface area contributed by atoms with Crippen LogP contribution in [0.1, 0.15) is 23.2 Å². The van der Waals surface area contributed by atoms with Gasteiger partial charge < -0.3 is 25.7 Å². The fourth-order valence-electron chi connectivity index (χ4n) is 1.81. The number of carbonyl (C=O) groups is 1. The Bertz CT molecular complexity index is 516.